The summed E-state index contributed by atoms with van der Waals surface area (Å²) in [6.45, 7) is 0. The highest BCUT2D eigenvalue weighted by Crippen LogP contribution is 2.43. The molecule has 0 spiro atoms. The maximum Gasteiger partial charge on any atom is 0.164 e. The molecule has 15 aromatic rings. The summed E-state index contributed by atoms with van der Waals surface area (Å²) in [5.41, 5.74) is 18.3. The summed E-state index contributed by atoms with van der Waals surface area (Å²) in [7, 11) is 0. The standard InChI is InChI=1S/C69H42N4O2/c1-4-16-43(17-5-1)47-32-36-61-58(40-47)55-26-10-11-30-60(55)73(61)52-34-35-56-59-41-48(33-37-62(59)74-64(56)42-52)46-22-12-24-50(38-46)54-28-14-29-57-65-53(27-15-31-63(65)75-66(54)57)49-23-13-25-51(39-49)69-71-67(44-18-6-2-7-19-44)70-68(72-69)45-20-8-3-9-21-45/h1-42H. The molecule has 0 bridgehead atoms. The molecular weight excluding hydrogens is 917 g/mol. The first kappa shape index (κ1) is 42.5. The predicted octanol–water partition coefficient (Wildman–Crippen LogP) is 18.4. The zero-order valence-corrected chi connectivity index (χ0v) is 40.4. The largest absolute Gasteiger partial charge is 0.456 e. The number of hydrogen-bond acceptors (Lipinski definition) is 5. The normalized spacial score (nSPS) is 11.7. The fraction of sp³-hybridized carbons (Fsp3) is 0. The quantitative estimate of drug-likeness (QED) is 0.152. The van der Waals surface area contributed by atoms with E-state index >= 15 is 0 Å². The van der Waals surface area contributed by atoms with Gasteiger partial charge in [-0.3, -0.25) is 0 Å². The van der Waals surface area contributed by atoms with Crippen LogP contribution in [0.15, 0.2) is 264 Å². The van der Waals surface area contributed by atoms with Gasteiger partial charge in [0.25, 0.3) is 0 Å². The lowest BCUT2D eigenvalue weighted by atomic mass is 9.95. The fourth-order valence-electron chi connectivity index (χ4n) is 11.1. The molecule has 0 aliphatic rings. The first-order valence-electron chi connectivity index (χ1n) is 25.2. The van der Waals surface area contributed by atoms with Gasteiger partial charge >= 0.3 is 0 Å². The van der Waals surface area contributed by atoms with Crippen LogP contribution in [-0.2, 0) is 0 Å². The van der Waals surface area contributed by atoms with E-state index in [1.54, 1.807) is 0 Å². The average Bonchev–Trinajstić information content (AvgIpc) is 4.20. The molecular formula is C69H42N4O2. The lowest BCUT2D eigenvalue weighted by molar-refractivity contribution is 0.668. The third-order valence-corrected chi connectivity index (χ3v) is 14.7. The summed E-state index contributed by atoms with van der Waals surface area (Å²) < 4.78 is 15.8. The van der Waals surface area contributed by atoms with Crippen LogP contribution >= 0.6 is 0 Å². The van der Waals surface area contributed by atoms with Gasteiger partial charge in [-0.2, -0.15) is 0 Å². The molecule has 11 aromatic carbocycles. The molecule has 0 aliphatic heterocycles. The third kappa shape index (κ3) is 7.22. The van der Waals surface area contributed by atoms with Crippen LogP contribution < -0.4 is 0 Å². The van der Waals surface area contributed by atoms with E-state index in [1.165, 1.54) is 21.9 Å². The van der Waals surface area contributed by atoms with Crippen LogP contribution in [0.3, 0.4) is 0 Å². The second kappa shape index (κ2) is 17.3. The summed E-state index contributed by atoms with van der Waals surface area (Å²) in [6.07, 6.45) is 0. The zero-order chi connectivity index (χ0) is 49.4. The fourth-order valence-corrected chi connectivity index (χ4v) is 11.1. The molecule has 350 valence electrons. The van der Waals surface area contributed by atoms with Crippen LogP contribution in [0.4, 0.5) is 0 Å². The first-order valence-corrected chi connectivity index (χ1v) is 25.2. The van der Waals surface area contributed by atoms with Crippen molar-refractivity contribution in [3.63, 3.8) is 0 Å². The van der Waals surface area contributed by atoms with E-state index in [-0.39, 0.29) is 0 Å². The van der Waals surface area contributed by atoms with Crippen molar-refractivity contribution in [3.05, 3.63) is 255 Å². The van der Waals surface area contributed by atoms with E-state index in [1.807, 2.05) is 60.7 Å². The van der Waals surface area contributed by atoms with Gasteiger partial charge in [0, 0.05) is 66.3 Å². The van der Waals surface area contributed by atoms with Crippen molar-refractivity contribution in [2.75, 3.05) is 0 Å². The number of furan rings is 2. The molecule has 0 saturated heterocycles. The van der Waals surface area contributed by atoms with Gasteiger partial charge in [0.05, 0.1) is 11.0 Å². The Morgan fingerprint density at radius 3 is 1.57 bits per heavy atom. The number of fused-ring (bicyclic) bond motifs is 9. The van der Waals surface area contributed by atoms with Crippen LogP contribution in [0.1, 0.15) is 0 Å². The Kier molecular flexibility index (Phi) is 9.78. The molecule has 0 N–H and O–H groups in total. The first-order chi connectivity index (χ1) is 37.1. The summed E-state index contributed by atoms with van der Waals surface area (Å²) >= 11 is 0. The van der Waals surface area contributed by atoms with Crippen LogP contribution in [0.25, 0.3) is 150 Å². The molecule has 75 heavy (non-hydrogen) atoms. The van der Waals surface area contributed by atoms with E-state index in [0.29, 0.717) is 17.5 Å². The molecule has 15 rings (SSSR count). The smallest absolute Gasteiger partial charge is 0.164 e. The number of para-hydroxylation sites is 2. The second-order valence-electron chi connectivity index (χ2n) is 19.1. The van der Waals surface area contributed by atoms with E-state index in [0.717, 1.165) is 111 Å². The van der Waals surface area contributed by atoms with Crippen molar-refractivity contribution >= 4 is 65.7 Å². The van der Waals surface area contributed by atoms with Gasteiger partial charge in [0.15, 0.2) is 17.5 Å². The van der Waals surface area contributed by atoms with Crippen LogP contribution in [0.2, 0.25) is 0 Å². The van der Waals surface area contributed by atoms with E-state index in [4.69, 9.17) is 23.8 Å². The Bertz CT molecular complexity index is 4650. The monoisotopic (exact) mass is 958 g/mol. The summed E-state index contributed by atoms with van der Waals surface area (Å²) in [5.74, 6) is 1.87. The summed E-state index contributed by atoms with van der Waals surface area (Å²) in [6, 6.07) is 89.3. The number of aromatic nitrogens is 4. The van der Waals surface area contributed by atoms with E-state index in [9.17, 15) is 0 Å². The van der Waals surface area contributed by atoms with Gasteiger partial charge in [-0.05, 0) is 99.6 Å². The number of hydrogen-bond donors (Lipinski definition) is 0. The minimum absolute atomic E-state index is 0.610. The molecule has 0 amide bonds. The van der Waals surface area contributed by atoms with Gasteiger partial charge in [-0.1, -0.05) is 188 Å². The SMILES string of the molecule is c1ccc(-c2ccc3c(c2)c2ccccc2n3-c2ccc3c(c2)oc2ccc(-c4cccc(-c5cccc6c5oc5cccc(-c7cccc(-c8nc(-c9ccccc9)nc(-c9ccccc9)n8)c7)c56)c4)cc23)cc1. The molecule has 0 aliphatic carbocycles. The highest BCUT2D eigenvalue weighted by atomic mass is 16.3. The van der Waals surface area contributed by atoms with Crippen molar-refractivity contribution < 1.29 is 8.83 Å². The van der Waals surface area contributed by atoms with Crippen molar-refractivity contribution in [1.29, 1.82) is 0 Å². The van der Waals surface area contributed by atoms with Gasteiger partial charge < -0.3 is 13.4 Å². The van der Waals surface area contributed by atoms with Gasteiger partial charge in [-0.25, -0.2) is 15.0 Å². The Hall–Kier alpha value is -10.2. The molecule has 4 aromatic heterocycles. The van der Waals surface area contributed by atoms with Crippen LogP contribution in [-0.4, -0.2) is 19.5 Å². The Balaban J connectivity index is 0.778. The van der Waals surface area contributed by atoms with Crippen molar-refractivity contribution in [3.8, 4) is 84.4 Å². The van der Waals surface area contributed by atoms with Crippen molar-refractivity contribution in [1.82, 2.24) is 19.5 Å². The van der Waals surface area contributed by atoms with Gasteiger partial charge in [-0.15, -0.1) is 0 Å². The average molecular weight is 959 g/mol. The number of benzene rings is 11. The summed E-state index contributed by atoms with van der Waals surface area (Å²) in [4.78, 5) is 15.0. The second-order valence-corrected chi connectivity index (χ2v) is 19.1. The summed E-state index contributed by atoms with van der Waals surface area (Å²) in [5, 5.41) is 6.71. The molecule has 0 fully saturated rings. The minimum atomic E-state index is 0.610. The molecule has 0 atom stereocenters. The molecule has 0 saturated carbocycles. The Morgan fingerprint density at radius 1 is 0.267 bits per heavy atom. The van der Waals surface area contributed by atoms with E-state index in [2.05, 4.69) is 199 Å². The van der Waals surface area contributed by atoms with Crippen LogP contribution in [0.5, 0.6) is 0 Å². The molecule has 4 heterocycles. The van der Waals surface area contributed by atoms with Crippen molar-refractivity contribution in [2.45, 2.75) is 0 Å². The number of rotatable bonds is 8. The van der Waals surface area contributed by atoms with E-state index < -0.39 is 0 Å². The highest BCUT2D eigenvalue weighted by molar-refractivity contribution is 6.16. The Morgan fingerprint density at radius 2 is 0.800 bits per heavy atom. The lowest BCUT2D eigenvalue weighted by Gasteiger charge is -2.10. The minimum Gasteiger partial charge on any atom is -0.456 e. The molecule has 6 heteroatoms. The predicted molar refractivity (Wildman–Crippen MR) is 307 cm³/mol. The zero-order valence-electron chi connectivity index (χ0n) is 40.4. The van der Waals surface area contributed by atoms with Gasteiger partial charge in [0.1, 0.15) is 22.3 Å². The maximum atomic E-state index is 6.85. The maximum absolute atomic E-state index is 6.85. The van der Waals surface area contributed by atoms with Crippen molar-refractivity contribution in [2.24, 2.45) is 0 Å². The highest BCUT2D eigenvalue weighted by Gasteiger charge is 2.20. The molecule has 0 radical (unpaired) electrons. The van der Waals surface area contributed by atoms with Crippen LogP contribution in [0, 0.1) is 0 Å². The lowest BCUT2D eigenvalue weighted by Crippen LogP contribution is -2.00. The molecule has 0 unspecified atom stereocenters. The molecule has 6 nitrogen and oxygen atoms in total. The topological polar surface area (TPSA) is 69.9 Å². The third-order valence-electron chi connectivity index (χ3n) is 14.7. The Labute approximate surface area is 431 Å². The number of nitrogens with zero attached hydrogens (tertiary/aromatic N) is 4. The van der Waals surface area contributed by atoms with Gasteiger partial charge in [0.2, 0.25) is 0 Å².